The predicted molar refractivity (Wildman–Crippen MR) is 166 cm³/mol. The Morgan fingerprint density at radius 2 is 1.45 bits per heavy atom. The third-order valence-corrected chi connectivity index (χ3v) is 7.55. The minimum Gasteiger partial charge on any atom is -1.00 e. The van der Waals surface area contributed by atoms with E-state index in [-0.39, 0.29) is 48.5 Å². The van der Waals surface area contributed by atoms with E-state index < -0.39 is 6.09 Å². The van der Waals surface area contributed by atoms with Gasteiger partial charge in [-0.05, 0) is 35.1 Å². The van der Waals surface area contributed by atoms with Gasteiger partial charge in [-0.1, -0.05) is 110 Å². The van der Waals surface area contributed by atoms with E-state index in [4.69, 9.17) is 9.47 Å². The van der Waals surface area contributed by atoms with Gasteiger partial charge in [0.25, 0.3) is 0 Å². The van der Waals surface area contributed by atoms with E-state index in [0.717, 1.165) is 33.9 Å². The smallest absolute Gasteiger partial charge is 0.417 e. The number of ether oxygens (including phenoxy) is 2. The highest BCUT2D eigenvalue weighted by atomic mass is 127. The van der Waals surface area contributed by atoms with Gasteiger partial charge in [-0.15, -0.1) is 0 Å². The fraction of sp³-hybridized carbons (Fsp3) is 0.629. The summed E-state index contributed by atoms with van der Waals surface area (Å²) < 4.78 is 13.7. The number of pyridine rings is 1. The van der Waals surface area contributed by atoms with Crippen LogP contribution in [0.15, 0.2) is 42.6 Å². The van der Waals surface area contributed by atoms with Gasteiger partial charge in [0, 0.05) is 19.1 Å². The number of unbranched alkanes of at least 4 members (excludes halogenated alkanes) is 11. The summed E-state index contributed by atoms with van der Waals surface area (Å²) in [5.41, 5.74) is 2.67. The summed E-state index contributed by atoms with van der Waals surface area (Å²) in [5, 5.41) is 0. The molecule has 0 fully saturated rings. The molecule has 0 aliphatic heterocycles. The first-order valence-corrected chi connectivity index (χ1v) is 15.8. The zero-order valence-corrected chi connectivity index (χ0v) is 29.2. The molecular formula is C35H55IN2O4. The average molecular weight is 695 g/mol. The molecule has 0 aliphatic rings. The van der Waals surface area contributed by atoms with Gasteiger partial charge >= 0.3 is 6.09 Å². The highest BCUT2D eigenvalue weighted by molar-refractivity contribution is 5.90. The lowest BCUT2D eigenvalue weighted by Crippen LogP contribution is -3.00. The minimum atomic E-state index is -0.647. The van der Waals surface area contributed by atoms with Crippen LogP contribution in [0, 0.1) is 0 Å². The lowest BCUT2D eigenvalue weighted by molar-refractivity contribution is -0.679. The van der Waals surface area contributed by atoms with Crippen molar-refractivity contribution >= 4 is 12.0 Å². The van der Waals surface area contributed by atoms with Gasteiger partial charge < -0.3 is 33.5 Å². The first-order chi connectivity index (χ1) is 19.6. The molecule has 0 saturated carbocycles. The Morgan fingerprint density at radius 3 is 2.00 bits per heavy atom. The molecule has 0 aliphatic carbocycles. The van der Waals surface area contributed by atoms with Crippen LogP contribution in [0.5, 0.6) is 5.75 Å². The van der Waals surface area contributed by atoms with Crippen LogP contribution in [0.1, 0.15) is 128 Å². The zero-order valence-electron chi connectivity index (χ0n) is 27.1. The molecule has 6 nitrogen and oxygen atoms in total. The van der Waals surface area contributed by atoms with Crippen LogP contribution in [-0.2, 0) is 35.1 Å². The molecular weight excluding hydrogens is 639 g/mol. The first-order valence-electron chi connectivity index (χ1n) is 15.8. The fourth-order valence-electron chi connectivity index (χ4n) is 4.92. The van der Waals surface area contributed by atoms with Crippen molar-refractivity contribution in [1.82, 2.24) is 4.90 Å². The molecule has 1 heterocycles. The molecule has 0 N–H and O–H groups in total. The van der Waals surface area contributed by atoms with Crippen molar-refractivity contribution in [2.24, 2.45) is 7.05 Å². The monoisotopic (exact) mass is 694 g/mol. The summed E-state index contributed by atoms with van der Waals surface area (Å²) >= 11 is 0. The molecule has 2 aromatic rings. The fourth-order valence-corrected chi connectivity index (χ4v) is 4.92. The van der Waals surface area contributed by atoms with Crippen molar-refractivity contribution in [3.05, 3.63) is 59.4 Å². The van der Waals surface area contributed by atoms with Crippen molar-refractivity contribution < 1.29 is 47.6 Å². The molecule has 1 aromatic heterocycles. The Kier molecular flexibility index (Phi) is 18.7. The molecule has 0 atom stereocenters. The number of benzene rings is 1. The number of carbonyl (C=O) groups is 2. The Labute approximate surface area is 272 Å². The molecule has 7 heteroatoms. The molecule has 42 heavy (non-hydrogen) atoms. The molecule has 0 saturated heterocycles. The van der Waals surface area contributed by atoms with Gasteiger partial charge in [0.1, 0.15) is 25.9 Å². The first kappa shape index (κ1) is 37.9. The summed E-state index contributed by atoms with van der Waals surface area (Å²) in [7, 11) is 1.88. The van der Waals surface area contributed by atoms with E-state index in [2.05, 4.69) is 33.8 Å². The zero-order chi connectivity index (χ0) is 30.1. The van der Waals surface area contributed by atoms with Gasteiger partial charge in [-0.2, -0.15) is 0 Å². The lowest BCUT2D eigenvalue weighted by Gasteiger charge is -2.24. The largest absolute Gasteiger partial charge is 1.00 e. The van der Waals surface area contributed by atoms with Crippen LogP contribution in [0.2, 0.25) is 0 Å². The molecule has 2 rings (SSSR count). The number of carbonyl (C=O) groups excluding carboxylic acids is 2. The Balaban J connectivity index is 0.00000882. The van der Waals surface area contributed by atoms with Crippen molar-refractivity contribution in [3.8, 4) is 5.75 Å². The van der Waals surface area contributed by atoms with Crippen molar-refractivity contribution in [3.63, 3.8) is 0 Å². The molecule has 0 radical (unpaired) electrons. The van der Waals surface area contributed by atoms with Crippen LogP contribution in [-0.4, -0.2) is 23.5 Å². The van der Waals surface area contributed by atoms with Gasteiger partial charge in [0.05, 0.1) is 6.61 Å². The second-order valence-corrected chi connectivity index (χ2v) is 12.3. The number of aromatic nitrogens is 1. The van der Waals surface area contributed by atoms with Crippen LogP contribution in [0.25, 0.3) is 0 Å². The summed E-state index contributed by atoms with van der Waals surface area (Å²) in [4.78, 5) is 26.2. The summed E-state index contributed by atoms with van der Waals surface area (Å²) in [6.07, 6.45) is 17.1. The molecule has 0 spiro atoms. The quantitative estimate of drug-likeness (QED) is 0.116. The van der Waals surface area contributed by atoms with Gasteiger partial charge in [0.15, 0.2) is 6.20 Å². The second kappa shape index (κ2) is 20.7. The maximum absolute atomic E-state index is 12.8. The Morgan fingerprint density at radius 1 is 0.857 bits per heavy atom. The summed E-state index contributed by atoms with van der Waals surface area (Å²) in [5.74, 6) is 0.536. The maximum atomic E-state index is 12.8. The lowest BCUT2D eigenvalue weighted by atomic mass is 9.85. The third-order valence-electron chi connectivity index (χ3n) is 7.55. The molecule has 2 amide bonds. The Hall–Kier alpha value is -2.16. The van der Waals surface area contributed by atoms with Gasteiger partial charge in [0.2, 0.25) is 11.6 Å². The number of aryl methyl sites for hydroxylation is 1. The van der Waals surface area contributed by atoms with Crippen LogP contribution in [0.3, 0.4) is 0 Å². The summed E-state index contributed by atoms with van der Waals surface area (Å²) in [6.45, 7) is 11.1. The topological polar surface area (TPSA) is 59.7 Å². The average Bonchev–Trinajstić information content (AvgIpc) is 2.93. The maximum Gasteiger partial charge on any atom is 0.417 e. The predicted octanol–water partition coefficient (Wildman–Crippen LogP) is 5.58. The normalized spacial score (nSPS) is 11.1. The standard InChI is InChI=1S/C35H55N2O4.HI/c1-7-8-9-10-11-12-13-14-15-16-17-20-25-40-33-23-22-30(26-32(33)35(3,4)5)28-41-34(39)37(29(2)38)27-31-21-18-19-24-36(31)6;/h18-19,21-24,26H,7-17,20,25,27-28H2,1-6H3;1H/q+1;/p-1. The Bertz CT molecular complexity index is 1070. The van der Waals surface area contributed by atoms with Crippen molar-refractivity contribution in [2.75, 3.05) is 6.61 Å². The van der Waals surface area contributed by atoms with E-state index >= 15 is 0 Å². The van der Waals surface area contributed by atoms with E-state index in [1.165, 1.54) is 77.6 Å². The van der Waals surface area contributed by atoms with Crippen LogP contribution >= 0.6 is 0 Å². The van der Waals surface area contributed by atoms with Crippen LogP contribution in [0.4, 0.5) is 4.79 Å². The molecule has 0 bridgehead atoms. The van der Waals surface area contributed by atoms with E-state index in [1.54, 1.807) is 0 Å². The number of rotatable bonds is 18. The van der Waals surface area contributed by atoms with Crippen molar-refractivity contribution in [1.29, 1.82) is 0 Å². The molecule has 236 valence electrons. The highest BCUT2D eigenvalue weighted by Crippen LogP contribution is 2.32. The van der Waals surface area contributed by atoms with E-state index in [0.29, 0.717) is 6.61 Å². The number of nitrogens with zero attached hydrogens (tertiary/aromatic N) is 2. The highest BCUT2D eigenvalue weighted by Gasteiger charge is 2.24. The van der Waals surface area contributed by atoms with E-state index in [9.17, 15) is 9.59 Å². The number of hydrogen-bond acceptors (Lipinski definition) is 4. The number of amides is 2. The summed E-state index contributed by atoms with van der Waals surface area (Å²) in [6, 6.07) is 11.6. The number of halogens is 1. The third kappa shape index (κ3) is 14.3. The SMILES string of the molecule is CCCCCCCCCCCCCCOc1ccc(COC(=O)N(Cc2cccc[n+]2C)C(C)=O)cc1C(C)(C)C.[I-]. The number of hydrogen-bond donors (Lipinski definition) is 0. The van der Waals surface area contributed by atoms with Crippen molar-refractivity contribution in [2.45, 2.75) is 130 Å². The molecule has 1 aromatic carbocycles. The van der Waals surface area contributed by atoms with Gasteiger partial charge in [-0.3, -0.25) is 4.79 Å². The molecule has 0 unspecified atom stereocenters. The minimum absolute atomic E-state index is 0. The van der Waals surface area contributed by atoms with Crippen LogP contribution < -0.4 is 33.3 Å². The van der Waals surface area contributed by atoms with Gasteiger partial charge in [-0.25, -0.2) is 14.3 Å². The second-order valence-electron chi connectivity index (χ2n) is 12.3. The number of imide groups is 1. The van der Waals surface area contributed by atoms with E-state index in [1.807, 2.05) is 48.1 Å².